The van der Waals surface area contributed by atoms with Crippen LogP contribution in [-0.2, 0) is 16.0 Å². The van der Waals surface area contributed by atoms with Crippen molar-refractivity contribution in [1.29, 1.82) is 0 Å². The molecule has 2 aliphatic rings. The first-order chi connectivity index (χ1) is 10.6. The first kappa shape index (κ1) is 15.2. The number of thiocarbonyl (C=S) groups is 1. The lowest BCUT2D eigenvalue weighted by atomic mass is 10.0. The molecule has 1 aromatic rings. The van der Waals surface area contributed by atoms with Gasteiger partial charge in [-0.05, 0) is 34.9 Å². The lowest BCUT2D eigenvalue weighted by Crippen LogP contribution is -2.39. The number of nitrogens with zero attached hydrogens (tertiary/aromatic N) is 5. The van der Waals surface area contributed by atoms with E-state index >= 15 is 0 Å². The van der Waals surface area contributed by atoms with E-state index in [2.05, 4.69) is 27.5 Å². The van der Waals surface area contributed by atoms with Crippen LogP contribution < -0.4 is 11.2 Å². The summed E-state index contributed by atoms with van der Waals surface area (Å²) in [7, 11) is 0. The Hall–Kier alpha value is -1.69. The summed E-state index contributed by atoms with van der Waals surface area (Å²) >= 11 is 10.1. The van der Waals surface area contributed by atoms with Crippen molar-refractivity contribution in [2.75, 3.05) is 6.61 Å². The van der Waals surface area contributed by atoms with Crippen LogP contribution in [0.2, 0.25) is 0 Å². The Morgan fingerprint density at radius 2 is 2.41 bits per heavy atom. The molecule has 2 fully saturated rings. The third-order valence-electron chi connectivity index (χ3n) is 3.42. The summed E-state index contributed by atoms with van der Waals surface area (Å²) in [6.45, 7) is 4.61. The van der Waals surface area contributed by atoms with Gasteiger partial charge < -0.3 is 15.2 Å². The normalized spacial score (nSPS) is 28.7. The number of fused-ring (bicyclic) bond motifs is 2. The molecule has 0 spiro atoms. The summed E-state index contributed by atoms with van der Waals surface area (Å²) in [4.78, 5) is 0. The number of allylic oxidation sites excluding steroid dienone is 1. The van der Waals surface area contributed by atoms with Crippen LogP contribution in [0, 0.1) is 4.77 Å². The number of nitrogens with two attached hydrogens (primary N) is 1. The Morgan fingerprint density at radius 1 is 1.59 bits per heavy atom. The highest BCUT2D eigenvalue weighted by Gasteiger charge is 2.44. The number of ether oxygens (including phenoxy) is 2. The second-order valence-corrected chi connectivity index (χ2v) is 5.67. The highest BCUT2D eigenvalue weighted by molar-refractivity contribution is 7.80. The molecular weight excluding hydrogens is 326 g/mol. The fraction of sp³-hybridized carbons (Fsp3) is 0.545. The molecule has 1 aromatic heterocycles. The fourth-order valence-corrected chi connectivity index (χ4v) is 2.77. The van der Waals surface area contributed by atoms with Gasteiger partial charge in [-0.25, -0.2) is 9.36 Å². The number of aromatic nitrogens is 4. The molecule has 0 aromatic carbocycles. The van der Waals surface area contributed by atoms with E-state index in [4.69, 9.17) is 39.6 Å². The molecule has 11 heteroatoms. The minimum atomic E-state index is -0.486. The zero-order chi connectivity index (χ0) is 15.7. The monoisotopic (exact) mass is 341 g/mol. The van der Waals surface area contributed by atoms with Gasteiger partial charge in [-0.2, -0.15) is 5.10 Å². The molecule has 0 amide bonds. The van der Waals surface area contributed by atoms with E-state index in [1.165, 1.54) is 0 Å². The summed E-state index contributed by atoms with van der Waals surface area (Å²) < 4.78 is 15.1. The first-order valence-electron chi connectivity index (χ1n) is 6.62. The van der Waals surface area contributed by atoms with Gasteiger partial charge in [0.05, 0.1) is 24.9 Å². The van der Waals surface area contributed by atoms with Gasteiger partial charge >= 0.3 is 0 Å². The van der Waals surface area contributed by atoms with E-state index in [1.807, 2.05) is 0 Å². The molecule has 3 atom stereocenters. The van der Waals surface area contributed by atoms with E-state index in [-0.39, 0.29) is 17.3 Å². The quantitative estimate of drug-likeness (QED) is 0.443. The zero-order valence-electron chi connectivity index (χ0n) is 11.6. The summed E-state index contributed by atoms with van der Waals surface area (Å²) in [5.41, 5.74) is 8.60. The van der Waals surface area contributed by atoms with Crippen molar-refractivity contribution in [1.82, 2.24) is 25.2 Å². The highest BCUT2D eigenvalue weighted by atomic mass is 32.1. The lowest BCUT2D eigenvalue weighted by Gasteiger charge is -2.27. The van der Waals surface area contributed by atoms with Crippen molar-refractivity contribution in [2.45, 2.75) is 31.4 Å². The van der Waals surface area contributed by atoms with Gasteiger partial charge in [-0.3, -0.25) is 5.43 Å². The molecule has 2 saturated heterocycles. The van der Waals surface area contributed by atoms with Crippen LogP contribution in [0.3, 0.4) is 0 Å². The molecule has 0 unspecified atom stereocenters. The molecule has 0 aliphatic carbocycles. The molecule has 22 heavy (non-hydrogen) atoms. The van der Waals surface area contributed by atoms with Gasteiger partial charge in [0.2, 0.25) is 4.77 Å². The predicted molar refractivity (Wildman–Crippen MR) is 84.7 cm³/mol. The van der Waals surface area contributed by atoms with Crippen molar-refractivity contribution < 1.29 is 9.47 Å². The maximum atomic E-state index is 5.79. The van der Waals surface area contributed by atoms with Gasteiger partial charge in [0.1, 0.15) is 6.10 Å². The lowest BCUT2D eigenvalue weighted by molar-refractivity contribution is -0.0324. The van der Waals surface area contributed by atoms with Gasteiger partial charge in [0.25, 0.3) is 0 Å². The number of rotatable bonds is 4. The first-order valence-corrected chi connectivity index (χ1v) is 7.44. The molecule has 3 rings (SSSR count). The van der Waals surface area contributed by atoms with E-state index in [0.29, 0.717) is 30.1 Å². The third kappa shape index (κ3) is 2.79. The molecule has 0 radical (unpaired) electrons. The zero-order valence-corrected chi connectivity index (χ0v) is 13.2. The number of tetrazole rings is 1. The van der Waals surface area contributed by atoms with E-state index < -0.39 is 6.29 Å². The largest absolute Gasteiger partial charge is 0.375 e. The minimum Gasteiger partial charge on any atom is -0.375 e. The van der Waals surface area contributed by atoms with Crippen molar-refractivity contribution in [3.8, 4) is 0 Å². The predicted octanol–water partition coefficient (Wildman–Crippen LogP) is -0.129. The molecule has 2 bridgehead atoms. The van der Waals surface area contributed by atoms with Crippen LogP contribution in [0.5, 0.6) is 0 Å². The average molecular weight is 341 g/mol. The fourth-order valence-electron chi connectivity index (χ4n) is 2.44. The van der Waals surface area contributed by atoms with Crippen LogP contribution in [0.25, 0.3) is 0 Å². The number of hydrogen-bond acceptors (Lipinski definition) is 7. The van der Waals surface area contributed by atoms with Crippen LogP contribution in [0.15, 0.2) is 17.8 Å². The topological polar surface area (TPSA) is 105 Å². The molecule has 0 saturated carbocycles. The molecular formula is C11H15N7O2S2. The van der Waals surface area contributed by atoms with Crippen LogP contribution >= 0.6 is 24.4 Å². The summed E-state index contributed by atoms with van der Waals surface area (Å²) in [6, 6.07) is -0.142. The Balaban J connectivity index is 1.87. The van der Waals surface area contributed by atoms with E-state index in [9.17, 15) is 0 Å². The Kier molecular flexibility index (Phi) is 4.29. The minimum absolute atomic E-state index is 0.0812. The van der Waals surface area contributed by atoms with Crippen molar-refractivity contribution >= 4 is 35.3 Å². The van der Waals surface area contributed by atoms with Crippen molar-refractivity contribution in [3.63, 3.8) is 0 Å². The van der Waals surface area contributed by atoms with Crippen molar-refractivity contribution in [2.24, 2.45) is 10.8 Å². The third-order valence-corrected chi connectivity index (χ3v) is 3.91. The number of hydrazone groups is 1. The number of hydrogen-bond donors (Lipinski definition) is 2. The second-order valence-electron chi connectivity index (χ2n) is 4.87. The van der Waals surface area contributed by atoms with Gasteiger partial charge in [-0.1, -0.05) is 6.08 Å². The highest BCUT2D eigenvalue weighted by Crippen LogP contribution is 2.33. The Labute approximate surface area is 136 Å². The standard InChI is InChI=1S/C11H15N7O2S2/c1-2-3-17-11(22)18(16-15-17)7-4-6(13-14-10(12)21)9-19-5-8(7)20-9/h2,7-9H,1,3-5H2,(H3,12,14,21)/b13-6+/t7-,8+,9-/m0/s1. The summed E-state index contributed by atoms with van der Waals surface area (Å²) in [5.74, 6) is 0. The molecule has 9 nitrogen and oxygen atoms in total. The smallest absolute Gasteiger partial charge is 0.216 e. The molecule has 3 heterocycles. The van der Waals surface area contributed by atoms with Crippen LogP contribution in [0.1, 0.15) is 12.5 Å². The van der Waals surface area contributed by atoms with Gasteiger partial charge in [0.15, 0.2) is 11.4 Å². The maximum absolute atomic E-state index is 5.79. The van der Waals surface area contributed by atoms with E-state index in [1.54, 1.807) is 15.4 Å². The SMILES string of the molecule is C=CCn1nnn([C@H]2C/C(=N\NC(N)=S)[C@H]3OC[C@H]2O3)c1=S. The summed E-state index contributed by atoms with van der Waals surface area (Å²) in [6.07, 6.45) is 1.64. The van der Waals surface area contributed by atoms with Crippen molar-refractivity contribution in [3.05, 3.63) is 17.4 Å². The van der Waals surface area contributed by atoms with Crippen LogP contribution in [0.4, 0.5) is 0 Å². The summed E-state index contributed by atoms with van der Waals surface area (Å²) in [5, 5.41) is 12.4. The Morgan fingerprint density at radius 3 is 3.14 bits per heavy atom. The number of nitrogens with one attached hydrogen (secondary N) is 1. The van der Waals surface area contributed by atoms with Gasteiger partial charge in [0, 0.05) is 6.42 Å². The second kappa shape index (κ2) is 6.20. The molecule has 2 aliphatic heterocycles. The van der Waals surface area contributed by atoms with Crippen LogP contribution in [-0.4, -0.2) is 49.6 Å². The van der Waals surface area contributed by atoms with Gasteiger partial charge in [-0.15, -0.1) is 6.58 Å². The van der Waals surface area contributed by atoms with E-state index in [0.717, 1.165) is 0 Å². The molecule has 3 N–H and O–H groups in total. The Bertz CT molecular complexity index is 682. The average Bonchev–Trinajstić information content (AvgIpc) is 3.06. The molecule has 118 valence electrons. The maximum Gasteiger partial charge on any atom is 0.216 e.